The number of fused-ring (bicyclic) bond motifs is 12. The molecule has 0 bridgehead atoms. The maximum Gasteiger partial charge on any atom is -0.00116 e. The molecule has 7 rings (SSSR count). The van der Waals surface area contributed by atoms with E-state index in [0.717, 1.165) is 11.8 Å². The van der Waals surface area contributed by atoms with Gasteiger partial charge in [-0.1, -0.05) is 72.8 Å². The summed E-state index contributed by atoms with van der Waals surface area (Å²) in [6, 6.07) is 17.8. The van der Waals surface area contributed by atoms with Crippen LogP contribution in [0.3, 0.4) is 0 Å². The maximum absolute atomic E-state index is 2.58. The Morgan fingerprint density at radius 2 is 1.00 bits per heavy atom. The second kappa shape index (κ2) is 3.72. The Labute approximate surface area is 141 Å². The van der Waals surface area contributed by atoms with Crippen LogP contribution in [0.2, 0.25) is 0 Å². The fraction of sp³-hybridized carbons (Fsp3) is 0.167. The van der Waals surface area contributed by atoms with Crippen LogP contribution in [0.5, 0.6) is 0 Å². The van der Waals surface area contributed by atoms with Gasteiger partial charge in [0.2, 0.25) is 0 Å². The zero-order chi connectivity index (χ0) is 15.4. The zero-order valence-corrected chi connectivity index (χ0v) is 13.2. The molecule has 0 heteroatoms. The van der Waals surface area contributed by atoms with Crippen LogP contribution in [0.15, 0.2) is 71.8 Å². The van der Waals surface area contributed by atoms with Crippen LogP contribution in [0.25, 0.3) is 23.3 Å². The van der Waals surface area contributed by atoms with Crippen LogP contribution < -0.4 is 0 Å². The zero-order valence-electron chi connectivity index (χ0n) is 13.2. The molecule has 0 radical (unpaired) electrons. The van der Waals surface area contributed by atoms with E-state index in [4.69, 9.17) is 0 Å². The summed E-state index contributed by atoms with van der Waals surface area (Å²) in [6.45, 7) is 0. The second-order valence-electron chi connectivity index (χ2n) is 7.74. The molecule has 1 fully saturated rings. The van der Waals surface area contributed by atoms with E-state index in [1.807, 2.05) is 0 Å². The third-order valence-electron chi connectivity index (χ3n) is 6.84. The van der Waals surface area contributed by atoms with Crippen LogP contribution >= 0.6 is 0 Å². The fourth-order valence-electron chi connectivity index (χ4n) is 5.89. The Balaban J connectivity index is 1.37. The minimum absolute atomic E-state index is 0.701. The van der Waals surface area contributed by atoms with Gasteiger partial charge in [-0.25, -0.2) is 0 Å². The lowest BCUT2D eigenvalue weighted by atomic mass is 9.57. The molecule has 0 saturated heterocycles. The minimum atomic E-state index is 0.701. The Morgan fingerprint density at radius 3 is 1.50 bits per heavy atom. The quantitative estimate of drug-likeness (QED) is 0.607. The number of allylic oxidation sites excluding steroid dienone is 6. The topological polar surface area (TPSA) is 0 Å². The van der Waals surface area contributed by atoms with E-state index in [9.17, 15) is 0 Å². The molecule has 0 aliphatic heterocycles. The van der Waals surface area contributed by atoms with Crippen molar-refractivity contribution in [3.05, 3.63) is 94.1 Å². The first-order valence-corrected chi connectivity index (χ1v) is 8.96. The highest BCUT2D eigenvalue weighted by molar-refractivity contribution is 6.01. The van der Waals surface area contributed by atoms with Gasteiger partial charge in [0.1, 0.15) is 0 Å². The largest absolute Gasteiger partial charge is 0.0720 e. The van der Waals surface area contributed by atoms with Crippen molar-refractivity contribution in [2.75, 3.05) is 0 Å². The van der Waals surface area contributed by atoms with E-state index in [1.54, 1.807) is 11.1 Å². The summed E-state index contributed by atoms with van der Waals surface area (Å²) in [7, 11) is 0. The van der Waals surface area contributed by atoms with Crippen LogP contribution in [0.1, 0.15) is 22.3 Å². The molecule has 0 spiro atoms. The van der Waals surface area contributed by atoms with E-state index >= 15 is 0 Å². The lowest BCUT2D eigenvalue weighted by Crippen LogP contribution is -2.41. The van der Waals surface area contributed by atoms with Crippen molar-refractivity contribution in [1.29, 1.82) is 0 Å². The van der Waals surface area contributed by atoms with Gasteiger partial charge in [-0.05, 0) is 68.2 Å². The van der Waals surface area contributed by atoms with Crippen molar-refractivity contribution in [1.82, 2.24) is 0 Å². The molecule has 0 amide bonds. The molecular weight excluding hydrogens is 288 g/mol. The summed E-state index contributed by atoms with van der Waals surface area (Å²) in [5.74, 6) is 2.84. The molecule has 112 valence electrons. The van der Waals surface area contributed by atoms with Gasteiger partial charge in [0.25, 0.3) is 0 Å². The lowest BCUT2D eigenvalue weighted by molar-refractivity contribution is 0.131. The van der Waals surface area contributed by atoms with E-state index in [2.05, 4.69) is 72.8 Å². The fourth-order valence-corrected chi connectivity index (χ4v) is 5.89. The van der Waals surface area contributed by atoms with E-state index in [-0.39, 0.29) is 0 Å². The molecule has 4 atom stereocenters. The molecule has 2 unspecified atom stereocenters. The highest BCUT2D eigenvalue weighted by Crippen LogP contribution is 2.68. The van der Waals surface area contributed by atoms with Gasteiger partial charge >= 0.3 is 0 Å². The van der Waals surface area contributed by atoms with Gasteiger partial charge in [-0.3, -0.25) is 0 Å². The molecular formula is C24H16. The van der Waals surface area contributed by atoms with Crippen LogP contribution in [0, 0.1) is 23.7 Å². The molecule has 2 aromatic carbocycles. The number of hydrogen-bond donors (Lipinski definition) is 0. The van der Waals surface area contributed by atoms with E-state index in [1.165, 1.54) is 33.4 Å². The van der Waals surface area contributed by atoms with Crippen LogP contribution in [0.4, 0.5) is 0 Å². The van der Waals surface area contributed by atoms with Crippen molar-refractivity contribution in [3.63, 3.8) is 0 Å². The maximum atomic E-state index is 2.58. The second-order valence-corrected chi connectivity index (χ2v) is 7.74. The average molecular weight is 304 g/mol. The number of benzene rings is 2. The molecule has 0 aromatic heterocycles. The van der Waals surface area contributed by atoms with Crippen molar-refractivity contribution in [2.24, 2.45) is 23.7 Å². The van der Waals surface area contributed by atoms with Gasteiger partial charge in [0, 0.05) is 0 Å². The summed E-state index contributed by atoms with van der Waals surface area (Å²) in [5.41, 5.74) is 12.0. The molecule has 0 heterocycles. The molecule has 5 aliphatic rings. The van der Waals surface area contributed by atoms with Gasteiger partial charge in [0.05, 0.1) is 0 Å². The Morgan fingerprint density at radius 1 is 0.542 bits per heavy atom. The first-order valence-electron chi connectivity index (χ1n) is 8.96. The van der Waals surface area contributed by atoms with Crippen LogP contribution in [-0.2, 0) is 0 Å². The lowest BCUT2D eigenvalue weighted by Gasteiger charge is -2.45. The van der Waals surface area contributed by atoms with Crippen molar-refractivity contribution in [3.8, 4) is 0 Å². The first-order chi connectivity index (χ1) is 11.9. The number of rotatable bonds is 0. The third kappa shape index (κ3) is 1.16. The van der Waals surface area contributed by atoms with Crippen molar-refractivity contribution >= 4 is 23.3 Å². The summed E-state index contributed by atoms with van der Waals surface area (Å²) in [4.78, 5) is 0. The molecule has 24 heavy (non-hydrogen) atoms. The van der Waals surface area contributed by atoms with Crippen molar-refractivity contribution in [2.45, 2.75) is 0 Å². The highest BCUT2D eigenvalue weighted by atomic mass is 14.6. The molecule has 0 nitrogen and oxygen atoms in total. The summed E-state index contributed by atoms with van der Waals surface area (Å²) < 4.78 is 0. The van der Waals surface area contributed by atoms with E-state index < -0.39 is 0 Å². The summed E-state index contributed by atoms with van der Waals surface area (Å²) >= 11 is 0. The Bertz CT molecular complexity index is 985. The van der Waals surface area contributed by atoms with Crippen molar-refractivity contribution < 1.29 is 0 Å². The van der Waals surface area contributed by atoms with E-state index in [0.29, 0.717) is 11.8 Å². The smallest absolute Gasteiger partial charge is 0.00116 e. The summed E-state index contributed by atoms with van der Waals surface area (Å²) in [5, 5.41) is 0. The standard InChI is InChI=1S/C24H16/c1-3-7-15-13(5-1)9-19-17(15)11-21-22-12-18-16-8-4-2-6-14(16)10-20(18)24(22)23(19)21/h1-12,21-24H/t21-,22?,23-,24?/m0/s1. The normalized spacial score (nSPS) is 32.3. The minimum Gasteiger partial charge on any atom is -0.0720 e. The van der Waals surface area contributed by atoms with Gasteiger partial charge in [-0.15, -0.1) is 0 Å². The molecule has 0 N–H and O–H groups in total. The molecule has 5 aliphatic carbocycles. The van der Waals surface area contributed by atoms with Gasteiger partial charge in [-0.2, -0.15) is 0 Å². The van der Waals surface area contributed by atoms with Crippen LogP contribution in [-0.4, -0.2) is 0 Å². The summed E-state index contributed by atoms with van der Waals surface area (Å²) in [6.07, 6.45) is 10.1. The average Bonchev–Trinajstić information content (AvgIpc) is 3.28. The Hall–Kier alpha value is -2.60. The predicted molar refractivity (Wildman–Crippen MR) is 98.8 cm³/mol. The van der Waals surface area contributed by atoms with Gasteiger partial charge < -0.3 is 0 Å². The number of hydrogen-bond acceptors (Lipinski definition) is 0. The van der Waals surface area contributed by atoms with Gasteiger partial charge in [0.15, 0.2) is 0 Å². The Kier molecular flexibility index (Phi) is 1.84. The predicted octanol–water partition coefficient (Wildman–Crippen LogP) is 5.45. The molecule has 2 aromatic rings. The SMILES string of the molecule is C1=C2C(=Cc3ccccc32)C2C1[C@@H]1C=C3C(=Cc4ccccc43)[C@H]21. The highest BCUT2D eigenvalue weighted by Gasteiger charge is 2.59. The third-order valence-corrected chi connectivity index (χ3v) is 6.84. The monoisotopic (exact) mass is 304 g/mol. The molecule has 1 saturated carbocycles. The first kappa shape index (κ1) is 11.9.